The SMILES string of the molecule is CC(C)Cc1nc2n(n1)[C@@H](C(=O)NCCc1ccccc1)CC(=O)N2. The molecule has 2 heterocycles. The van der Waals surface area contributed by atoms with Crippen molar-refractivity contribution in [3.8, 4) is 0 Å². The Morgan fingerprint density at radius 3 is 2.84 bits per heavy atom. The molecule has 2 amide bonds. The fourth-order valence-electron chi connectivity index (χ4n) is 2.86. The number of carbonyl (C=O) groups excluding carboxylic acids is 2. The lowest BCUT2D eigenvalue weighted by Crippen LogP contribution is -2.39. The molecule has 0 aliphatic carbocycles. The van der Waals surface area contributed by atoms with E-state index in [1.807, 2.05) is 30.3 Å². The molecule has 0 bridgehead atoms. The average Bonchev–Trinajstić information content (AvgIpc) is 2.96. The van der Waals surface area contributed by atoms with E-state index in [1.54, 1.807) is 0 Å². The Morgan fingerprint density at radius 1 is 1.36 bits per heavy atom. The molecule has 0 saturated carbocycles. The van der Waals surface area contributed by atoms with Gasteiger partial charge in [0.1, 0.15) is 6.04 Å². The predicted molar refractivity (Wildman–Crippen MR) is 94.0 cm³/mol. The molecule has 7 heteroatoms. The van der Waals surface area contributed by atoms with Crippen LogP contribution >= 0.6 is 0 Å². The largest absolute Gasteiger partial charge is 0.354 e. The van der Waals surface area contributed by atoms with E-state index in [2.05, 4.69) is 34.6 Å². The summed E-state index contributed by atoms with van der Waals surface area (Å²) in [6.45, 7) is 4.67. The van der Waals surface area contributed by atoms with Crippen molar-refractivity contribution in [2.45, 2.75) is 39.2 Å². The van der Waals surface area contributed by atoms with Gasteiger partial charge < -0.3 is 5.32 Å². The summed E-state index contributed by atoms with van der Waals surface area (Å²) in [5.41, 5.74) is 1.16. The van der Waals surface area contributed by atoms with Gasteiger partial charge in [-0.25, -0.2) is 4.68 Å². The van der Waals surface area contributed by atoms with Crippen LogP contribution in [0, 0.1) is 5.92 Å². The smallest absolute Gasteiger partial charge is 0.245 e. The maximum absolute atomic E-state index is 12.5. The summed E-state index contributed by atoms with van der Waals surface area (Å²) in [7, 11) is 0. The van der Waals surface area contributed by atoms with Gasteiger partial charge in [-0.1, -0.05) is 44.2 Å². The second kappa shape index (κ2) is 7.46. The molecule has 1 atom stereocenters. The quantitative estimate of drug-likeness (QED) is 0.837. The molecule has 2 aromatic rings. The number of nitrogens with zero attached hydrogens (tertiary/aromatic N) is 3. The van der Waals surface area contributed by atoms with E-state index in [-0.39, 0.29) is 18.2 Å². The Morgan fingerprint density at radius 2 is 2.12 bits per heavy atom. The van der Waals surface area contributed by atoms with Crippen LogP contribution in [0.5, 0.6) is 0 Å². The van der Waals surface area contributed by atoms with Gasteiger partial charge in [-0.05, 0) is 17.9 Å². The zero-order valence-electron chi connectivity index (χ0n) is 14.5. The first-order valence-corrected chi connectivity index (χ1v) is 8.60. The van der Waals surface area contributed by atoms with Crippen LogP contribution < -0.4 is 10.6 Å². The average molecular weight is 341 g/mol. The Bertz CT molecular complexity index is 754. The first-order chi connectivity index (χ1) is 12.0. The highest BCUT2D eigenvalue weighted by Gasteiger charge is 2.32. The van der Waals surface area contributed by atoms with Gasteiger partial charge in [0.05, 0.1) is 6.42 Å². The minimum Gasteiger partial charge on any atom is -0.354 e. The molecule has 7 nitrogen and oxygen atoms in total. The zero-order chi connectivity index (χ0) is 17.8. The molecule has 1 aromatic carbocycles. The summed E-state index contributed by atoms with van der Waals surface area (Å²) in [5, 5.41) is 10.0. The van der Waals surface area contributed by atoms with E-state index in [9.17, 15) is 9.59 Å². The molecule has 0 spiro atoms. The molecule has 2 N–H and O–H groups in total. The summed E-state index contributed by atoms with van der Waals surface area (Å²) in [5.74, 6) is 0.995. The summed E-state index contributed by atoms with van der Waals surface area (Å²) in [4.78, 5) is 28.8. The minimum atomic E-state index is -0.645. The highest BCUT2D eigenvalue weighted by Crippen LogP contribution is 2.23. The molecule has 132 valence electrons. The molecule has 1 aromatic heterocycles. The number of aromatic nitrogens is 3. The number of benzene rings is 1. The van der Waals surface area contributed by atoms with Crippen LogP contribution in [0.4, 0.5) is 5.95 Å². The predicted octanol–water partition coefficient (Wildman–Crippen LogP) is 1.72. The lowest BCUT2D eigenvalue weighted by Gasteiger charge is -2.22. The summed E-state index contributed by atoms with van der Waals surface area (Å²) < 4.78 is 1.54. The van der Waals surface area contributed by atoms with E-state index < -0.39 is 6.04 Å². The topological polar surface area (TPSA) is 88.9 Å². The first-order valence-electron chi connectivity index (χ1n) is 8.60. The molecule has 1 aliphatic rings. The number of hydrogen-bond acceptors (Lipinski definition) is 4. The highest BCUT2D eigenvalue weighted by atomic mass is 16.2. The van der Waals surface area contributed by atoms with Crippen LogP contribution in [0.15, 0.2) is 30.3 Å². The fraction of sp³-hybridized carbons (Fsp3) is 0.444. The molecule has 25 heavy (non-hydrogen) atoms. The van der Waals surface area contributed by atoms with Crippen molar-refractivity contribution in [1.82, 2.24) is 20.1 Å². The Balaban J connectivity index is 1.66. The molecule has 0 unspecified atom stereocenters. The van der Waals surface area contributed by atoms with E-state index in [0.717, 1.165) is 12.0 Å². The first kappa shape index (κ1) is 17.1. The Kier molecular flexibility index (Phi) is 5.11. The van der Waals surface area contributed by atoms with Gasteiger partial charge in [-0.15, -0.1) is 0 Å². The number of rotatable bonds is 6. The van der Waals surface area contributed by atoms with Crippen molar-refractivity contribution >= 4 is 17.8 Å². The zero-order valence-corrected chi connectivity index (χ0v) is 14.5. The maximum atomic E-state index is 12.5. The van der Waals surface area contributed by atoms with Gasteiger partial charge >= 0.3 is 0 Å². The molecular formula is C18H23N5O2. The fourth-order valence-corrected chi connectivity index (χ4v) is 2.86. The van der Waals surface area contributed by atoms with Crippen molar-refractivity contribution in [3.05, 3.63) is 41.7 Å². The standard InChI is InChI=1S/C18H23N5O2/c1-12(2)10-15-20-18-21-16(24)11-14(23(18)22-15)17(25)19-9-8-13-6-4-3-5-7-13/h3-7,12,14H,8-11H2,1-2H3,(H,19,25)(H,20,21,22,24)/t14-/m1/s1. The summed E-state index contributed by atoms with van der Waals surface area (Å²) >= 11 is 0. The molecule has 0 fully saturated rings. The van der Waals surface area contributed by atoms with Crippen LogP contribution in [0.3, 0.4) is 0 Å². The van der Waals surface area contributed by atoms with Crippen molar-refractivity contribution in [2.75, 3.05) is 11.9 Å². The Labute approximate surface area is 146 Å². The van der Waals surface area contributed by atoms with Gasteiger partial charge in [-0.2, -0.15) is 10.1 Å². The van der Waals surface area contributed by atoms with Crippen molar-refractivity contribution in [3.63, 3.8) is 0 Å². The van der Waals surface area contributed by atoms with E-state index in [1.165, 1.54) is 4.68 Å². The molecule has 1 aliphatic heterocycles. The Hall–Kier alpha value is -2.70. The van der Waals surface area contributed by atoms with Gasteiger partial charge in [-0.3, -0.25) is 14.9 Å². The van der Waals surface area contributed by atoms with Crippen molar-refractivity contribution in [1.29, 1.82) is 0 Å². The molecule has 0 saturated heterocycles. The van der Waals surface area contributed by atoms with Gasteiger partial charge in [0, 0.05) is 13.0 Å². The third kappa shape index (κ3) is 4.23. The molecule has 3 rings (SSSR count). The van der Waals surface area contributed by atoms with Crippen LogP contribution in [0.25, 0.3) is 0 Å². The summed E-state index contributed by atoms with van der Waals surface area (Å²) in [6.07, 6.45) is 1.53. The number of hydrogen-bond donors (Lipinski definition) is 2. The minimum absolute atomic E-state index is 0.0780. The lowest BCUT2D eigenvalue weighted by atomic mass is 10.1. The maximum Gasteiger partial charge on any atom is 0.245 e. The normalized spacial score (nSPS) is 16.4. The number of nitrogens with one attached hydrogen (secondary N) is 2. The van der Waals surface area contributed by atoms with E-state index >= 15 is 0 Å². The van der Waals surface area contributed by atoms with Crippen molar-refractivity contribution < 1.29 is 9.59 Å². The van der Waals surface area contributed by atoms with Crippen LogP contribution in [0.2, 0.25) is 0 Å². The lowest BCUT2D eigenvalue weighted by molar-refractivity contribution is -0.128. The van der Waals surface area contributed by atoms with E-state index in [4.69, 9.17) is 0 Å². The van der Waals surface area contributed by atoms with Gasteiger partial charge in [0.25, 0.3) is 0 Å². The van der Waals surface area contributed by atoms with Crippen LogP contribution in [-0.2, 0) is 22.4 Å². The number of anilines is 1. The van der Waals surface area contributed by atoms with Gasteiger partial charge in [0.2, 0.25) is 17.8 Å². The molecule has 0 radical (unpaired) electrons. The number of fused-ring (bicyclic) bond motifs is 1. The third-order valence-electron chi connectivity index (χ3n) is 4.05. The third-order valence-corrected chi connectivity index (χ3v) is 4.05. The van der Waals surface area contributed by atoms with Crippen LogP contribution in [0.1, 0.15) is 37.7 Å². The van der Waals surface area contributed by atoms with Crippen molar-refractivity contribution in [2.24, 2.45) is 5.92 Å². The van der Waals surface area contributed by atoms with Gasteiger partial charge in [0.15, 0.2) is 5.82 Å². The second-order valence-corrected chi connectivity index (χ2v) is 6.69. The monoisotopic (exact) mass is 341 g/mol. The highest BCUT2D eigenvalue weighted by molar-refractivity contribution is 5.96. The van der Waals surface area contributed by atoms with Crippen LogP contribution in [-0.4, -0.2) is 33.1 Å². The summed E-state index contributed by atoms with van der Waals surface area (Å²) in [6, 6.07) is 9.31. The molecular weight excluding hydrogens is 318 g/mol. The van der Waals surface area contributed by atoms with E-state index in [0.29, 0.717) is 30.7 Å². The second-order valence-electron chi connectivity index (χ2n) is 6.69. The number of carbonyl (C=O) groups is 2. The number of amides is 2.